The number of esters is 2. The molecule has 2 fully saturated rings. The van der Waals surface area contributed by atoms with Gasteiger partial charge in [-0.2, -0.15) is 13.2 Å². The minimum atomic E-state index is -5.24. The maximum absolute atomic E-state index is 12.6. The molecule has 0 bridgehead atoms. The van der Waals surface area contributed by atoms with Crippen molar-refractivity contribution in [3.8, 4) is 0 Å². The van der Waals surface area contributed by atoms with Crippen LogP contribution in [0.5, 0.6) is 0 Å². The second kappa shape index (κ2) is 7.08. The molecule has 2 heterocycles. The SMILES string of the molecule is CC(C)(C(=O)OC(=O)C(F)(F)F)c1ccc(N2C[C@@H]3CNCCN3C2=O)cc1. The van der Waals surface area contributed by atoms with Crippen LogP contribution in [0.4, 0.5) is 23.7 Å². The lowest BCUT2D eigenvalue weighted by atomic mass is 9.84. The topological polar surface area (TPSA) is 79.0 Å². The molecule has 0 unspecified atom stereocenters. The largest absolute Gasteiger partial charge is 0.491 e. The minimum Gasteiger partial charge on any atom is -0.386 e. The van der Waals surface area contributed by atoms with Gasteiger partial charge in [0.05, 0.1) is 11.5 Å². The maximum atomic E-state index is 12.6. The Kier molecular flexibility index (Phi) is 5.09. The first kappa shape index (κ1) is 20.1. The van der Waals surface area contributed by atoms with Crippen LogP contribution in [0.1, 0.15) is 19.4 Å². The molecule has 0 aliphatic carbocycles. The summed E-state index contributed by atoms with van der Waals surface area (Å²) >= 11 is 0. The third-order valence-corrected chi connectivity index (χ3v) is 5.05. The number of hydrogen-bond acceptors (Lipinski definition) is 5. The summed E-state index contributed by atoms with van der Waals surface area (Å²) in [7, 11) is 0. The first-order chi connectivity index (χ1) is 13.0. The highest BCUT2D eigenvalue weighted by Gasteiger charge is 2.45. The number of rotatable bonds is 3. The fourth-order valence-electron chi connectivity index (χ4n) is 3.28. The van der Waals surface area contributed by atoms with Crippen molar-refractivity contribution in [2.45, 2.75) is 31.5 Å². The summed E-state index contributed by atoms with van der Waals surface area (Å²) in [5.41, 5.74) is -0.489. The zero-order valence-corrected chi connectivity index (χ0v) is 15.4. The molecule has 2 aliphatic heterocycles. The van der Waals surface area contributed by atoms with Gasteiger partial charge in [-0.05, 0) is 31.5 Å². The molecular formula is C18H20F3N3O4. The molecule has 10 heteroatoms. The average molecular weight is 399 g/mol. The minimum absolute atomic E-state index is 0.0840. The number of nitrogens with zero attached hydrogens (tertiary/aromatic N) is 2. The van der Waals surface area contributed by atoms with Crippen LogP contribution in [0.2, 0.25) is 0 Å². The number of anilines is 1. The smallest absolute Gasteiger partial charge is 0.386 e. The van der Waals surface area contributed by atoms with Crippen LogP contribution in [0, 0.1) is 0 Å². The number of piperazine rings is 1. The van der Waals surface area contributed by atoms with E-state index in [1.165, 1.54) is 26.0 Å². The van der Waals surface area contributed by atoms with E-state index < -0.39 is 23.5 Å². The average Bonchev–Trinajstić information content (AvgIpc) is 2.98. The Morgan fingerprint density at radius 3 is 2.36 bits per heavy atom. The second-order valence-electron chi connectivity index (χ2n) is 7.29. The van der Waals surface area contributed by atoms with E-state index in [-0.39, 0.29) is 12.1 Å². The first-order valence-corrected chi connectivity index (χ1v) is 8.74. The molecule has 1 aromatic carbocycles. The Balaban J connectivity index is 1.74. The maximum Gasteiger partial charge on any atom is 0.491 e. The summed E-state index contributed by atoms with van der Waals surface area (Å²) < 4.78 is 40.9. The van der Waals surface area contributed by atoms with E-state index in [0.717, 1.165) is 6.54 Å². The van der Waals surface area contributed by atoms with Crippen molar-refractivity contribution in [2.24, 2.45) is 0 Å². The quantitative estimate of drug-likeness (QED) is 0.620. The van der Waals surface area contributed by atoms with Crippen molar-refractivity contribution in [1.29, 1.82) is 0 Å². The zero-order valence-electron chi connectivity index (χ0n) is 15.4. The molecular weight excluding hydrogens is 379 g/mol. The number of ether oxygens (including phenoxy) is 1. The van der Waals surface area contributed by atoms with Crippen LogP contribution < -0.4 is 10.2 Å². The number of amides is 2. The number of carbonyl (C=O) groups is 3. The van der Waals surface area contributed by atoms with Gasteiger partial charge in [-0.25, -0.2) is 9.59 Å². The van der Waals surface area contributed by atoms with Gasteiger partial charge in [0.2, 0.25) is 0 Å². The molecule has 3 rings (SSSR count). The fourth-order valence-corrected chi connectivity index (χ4v) is 3.28. The Hall–Kier alpha value is -2.62. The van der Waals surface area contributed by atoms with Gasteiger partial charge in [0.25, 0.3) is 0 Å². The summed E-state index contributed by atoms with van der Waals surface area (Å²) in [5, 5.41) is 3.24. The molecule has 152 valence electrons. The van der Waals surface area contributed by atoms with E-state index in [9.17, 15) is 27.6 Å². The van der Waals surface area contributed by atoms with Crippen molar-refractivity contribution in [1.82, 2.24) is 10.2 Å². The van der Waals surface area contributed by atoms with Crippen LogP contribution in [0.3, 0.4) is 0 Å². The van der Waals surface area contributed by atoms with E-state index in [1.807, 2.05) is 0 Å². The lowest BCUT2D eigenvalue weighted by molar-refractivity contribution is -0.203. The van der Waals surface area contributed by atoms with Gasteiger partial charge in [0.1, 0.15) is 0 Å². The Morgan fingerprint density at radius 1 is 1.14 bits per heavy atom. The fraction of sp³-hybridized carbons (Fsp3) is 0.500. The Bertz CT molecular complexity index is 792. The second-order valence-corrected chi connectivity index (χ2v) is 7.29. The van der Waals surface area contributed by atoms with E-state index >= 15 is 0 Å². The van der Waals surface area contributed by atoms with Crippen LogP contribution in [-0.4, -0.2) is 61.3 Å². The molecule has 2 aliphatic rings. The molecule has 0 radical (unpaired) electrons. The highest BCUT2D eigenvalue weighted by molar-refractivity contribution is 5.95. The van der Waals surface area contributed by atoms with Gasteiger partial charge in [0.15, 0.2) is 0 Å². The molecule has 2 amide bonds. The van der Waals surface area contributed by atoms with E-state index in [1.54, 1.807) is 21.9 Å². The number of benzene rings is 1. The normalized spacial score (nSPS) is 20.2. The number of hydrogen-bond donors (Lipinski definition) is 1. The van der Waals surface area contributed by atoms with Gasteiger partial charge in [-0.15, -0.1) is 0 Å². The number of halogens is 3. The predicted octanol–water partition coefficient (Wildman–Crippen LogP) is 1.81. The molecule has 1 atom stereocenters. The molecule has 0 saturated carbocycles. The van der Waals surface area contributed by atoms with Crippen molar-refractivity contribution in [3.05, 3.63) is 29.8 Å². The molecule has 0 aromatic heterocycles. The summed E-state index contributed by atoms with van der Waals surface area (Å²) in [6.07, 6.45) is -5.24. The van der Waals surface area contributed by atoms with Crippen LogP contribution >= 0.6 is 0 Å². The summed E-state index contributed by atoms with van der Waals surface area (Å²) in [5.74, 6) is -3.85. The van der Waals surface area contributed by atoms with Gasteiger partial charge in [-0.1, -0.05) is 12.1 Å². The van der Waals surface area contributed by atoms with Gasteiger partial charge in [0, 0.05) is 31.9 Å². The number of alkyl halides is 3. The molecule has 0 spiro atoms. The van der Waals surface area contributed by atoms with Gasteiger partial charge < -0.3 is 15.0 Å². The third kappa shape index (κ3) is 3.68. The van der Waals surface area contributed by atoms with Crippen molar-refractivity contribution < 1.29 is 32.3 Å². The Morgan fingerprint density at radius 2 is 1.79 bits per heavy atom. The molecule has 2 saturated heterocycles. The highest BCUT2D eigenvalue weighted by Crippen LogP contribution is 2.30. The lowest BCUT2D eigenvalue weighted by Crippen LogP contribution is -2.49. The van der Waals surface area contributed by atoms with Gasteiger partial charge >= 0.3 is 24.1 Å². The number of nitrogens with one attached hydrogen (secondary N) is 1. The highest BCUT2D eigenvalue weighted by atomic mass is 19.4. The number of carbonyl (C=O) groups excluding carboxylic acids is 3. The Labute approximate surface area is 159 Å². The molecule has 7 nitrogen and oxygen atoms in total. The standard InChI is InChI=1S/C18H20F3N3O4/c1-17(2,14(25)28-15(26)18(19,20)21)11-3-5-12(6-4-11)24-10-13-9-22-7-8-23(13)16(24)27/h3-6,13,22H,7-10H2,1-2H3/t13-/m0/s1. The summed E-state index contributed by atoms with van der Waals surface area (Å²) in [6.45, 7) is 5.33. The molecule has 28 heavy (non-hydrogen) atoms. The van der Waals surface area contributed by atoms with Crippen LogP contribution in [-0.2, 0) is 19.7 Å². The van der Waals surface area contributed by atoms with Gasteiger partial charge in [-0.3, -0.25) is 9.69 Å². The number of urea groups is 1. The summed E-state index contributed by atoms with van der Waals surface area (Å²) in [6, 6.07) is 6.31. The molecule has 1 aromatic rings. The van der Waals surface area contributed by atoms with Crippen molar-refractivity contribution >= 4 is 23.7 Å². The first-order valence-electron chi connectivity index (χ1n) is 8.74. The van der Waals surface area contributed by atoms with Crippen LogP contribution in [0.25, 0.3) is 0 Å². The van der Waals surface area contributed by atoms with Crippen LogP contribution in [0.15, 0.2) is 24.3 Å². The monoisotopic (exact) mass is 399 g/mol. The lowest BCUT2D eigenvalue weighted by Gasteiger charge is -2.28. The predicted molar refractivity (Wildman–Crippen MR) is 92.7 cm³/mol. The van der Waals surface area contributed by atoms with E-state index in [2.05, 4.69) is 10.1 Å². The van der Waals surface area contributed by atoms with Crippen molar-refractivity contribution in [3.63, 3.8) is 0 Å². The molecule has 1 N–H and O–H groups in total. The third-order valence-electron chi connectivity index (χ3n) is 5.05. The summed E-state index contributed by atoms with van der Waals surface area (Å²) in [4.78, 5) is 39.0. The zero-order chi connectivity index (χ0) is 20.7. The van der Waals surface area contributed by atoms with Crippen molar-refractivity contribution in [2.75, 3.05) is 31.1 Å². The van der Waals surface area contributed by atoms with E-state index in [4.69, 9.17) is 0 Å². The number of fused-ring (bicyclic) bond motifs is 1. The van der Waals surface area contributed by atoms with E-state index in [0.29, 0.717) is 30.9 Å².